The molecule has 0 saturated heterocycles. The summed E-state index contributed by atoms with van der Waals surface area (Å²) in [4.78, 5) is 10.8. The fourth-order valence-electron chi connectivity index (χ4n) is 1.53. The zero-order valence-corrected chi connectivity index (χ0v) is 10.5. The number of hydrogen-bond donors (Lipinski definition) is 2. The Morgan fingerprint density at radius 2 is 2.29 bits per heavy atom. The molecule has 1 rings (SSSR count). The van der Waals surface area contributed by atoms with E-state index in [0.717, 1.165) is 11.5 Å². The molecule has 0 aliphatic heterocycles. The van der Waals surface area contributed by atoms with Crippen LogP contribution in [-0.4, -0.2) is 17.6 Å². The van der Waals surface area contributed by atoms with Crippen LogP contribution in [0.1, 0.15) is 37.8 Å². The lowest BCUT2D eigenvalue weighted by Crippen LogP contribution is -2.19. The lowest BCUT2D eigenvalue weighted by molar-refractivity contribution is -0.132. The van der Waals surface area contributed by atoms with Crippen molar-refractivity contribution in [3.63, 3.8) is 0 Å². The standard InChI is InChI=1S/C13H19NO3/c1-4-11(13(15)16)7-8-14-10(3)12-6-5-9(2)17-12/h5-7,10,14H,4,8H2,1-3H3,(H,15,16)/b11-7-. The monoisotopic (exact) mass is 237 g/mol. The fourth-order valence-corrected chi connectivity index (χ4v) is 1.53. The van der Waals surface area contributed by atoms with Crippen LogP contribution in [0.4, 0.5) is 0 Å². The van der Waals surface area contributed by atoms with Crippen LogP contribution < -0.4 is 5.32 Å². The molecule has 0 bridgehead atoms. The van der Waals surface area contributed by atoms with Gasteiger partial charge in [0, 0.05) is 12.1 Å². The maximum absolute atomic E-state index is 10.8. The van der Waals surface area contributed by atoms with Crippen molar-refractivity contribution in [2.24, 2.45) is 0 Å². The highest BCUT2D eigenvalue weighted by molar-refractivity contribution is 5.86. The summed E-state index contributed by atoms with van der Waals surface area (Å²) in [7, 11) is 0. The number of carbonyl (C=O) groups is 1. The first-order valence-corrected chi connectivity index (χ1v) is 5.76. The van der Waals surface area contributed by atoms with Gasteiger partial charge in [0.25, 0.3) is 0 Å². The summed E-state index contributed by atoms with van der Waals surface area (Å²) in [5.74, 6) is 0.893. The molecule has 2 N–H and O–H groups in total. The van der Waals surface area contributed by atoms with Crippen molar-refractivity contribution in [2.75, 3.05) is 6.54 Å². The molecule has 0 fully saturated rings. The minimum absolute atomic E-state index is 0.0758. The summed E-state index contributed by atoms with van der Waals surface area (Å²) < 4.78 is 5.48. The van der Waals surface area contributed by atoms with Gasteiger partial charge in [0.15, 0.2) is 0 Å². The highest BCUT2D eigenvalue weighted by atomic mass is 16.4. The second-order valence-electron chi connectivity index (χ2n) is 3.97. The number of carboxylic acid groups (broad SMARTS) is 1. The van der Waals surface area contributed by atoms with E-state index in [1.807, 2.05) is 32.9 Å². The van der Waals surface area contributed by atoms with Crippen molar-refractivity contribution in [1.82, 2.24) is 5.32 Å². The zero-order valence-electron chi connectivity index (χ0n) is 10.5. The van der Waals surface area contributed by atoms with E-state index in [1.165, 1.54) is 0 Å². The van der Waals surface area contributed by atoms with Gasteiger partial charge in [-0.2, -0.15) is 0 Å². The Morgan fingerprint density at radius 1 is 1.59 bits per heavy atom. The molecule has 1 heterocycles. The summed E-state index contributed by atoms with van der Waals surface area (Å²) in [6.45, 7) is 6.24. The van der Waals surface area contributed by atoms with Crippen molar-refractivity contribution in [2.45, 2.75) is 33.2 Å². The predicted octanol–water partition coefficient (Wildman–Crippen LogP) is 2.66. The van der Waals surface area contributed by atoms with Crippen molar-refractivity contribution in [3.05, 3.63) is 35.3 Å². The average molecular weight is 237 g/mol. The van der Waals surface area contributed by atoms with E-state index < -0.39 is 5.97 Å². The Morgan fingerprint density at radius 3 is 2.76 bits per heavy atom. The van der Waals surface area contributed by atoms with Gasteiger partial charge in [0.05, 0.1) is 6.04 Å². The minimum atomic E-state index is -0.851. The van der Waals surface area contributed by atoms with E-state index in [-0.39, 0.29) is 6.04 Å². The topological polar surface area (TPSA) is 62.5 Å². The summed E-state index contributed by atoms with van der Waals surface area (Å²) in [5, 5.41) is 12.0. The van der Waals surface area contributed by atoms with E-state index in [0.29, 0.717) is 18.5 Å². The van der Waals surface area contributed by atoms with Crippen molar-refractivity contribution < 1.29 is 14.3 Å². The molecule has 4 nitrogen and oxygen atoms in total. The third kappa shape index (κ3) is 4.07. The summed E-state index contributed by atoms with van der Waals surface area (Å²) in [5.41, 5.74) is 0.431. The summed E-state index contributed by atoms with van der Waals surface area (Å²) >= 11 is 0. The van der Waals surface area contributed by atoms with Crippen molar-refractivity contribution in [1.29, 1.82) is 0 Å². The van der Waals surface area contributed by atoms with Gasteiger partial charge < -0.3 is 14.8 Å². The van der Waals surface area contributed by atoms with E-state index in [1.54, 1.807) is 6.08 Å². The number of aryl methyl sites for hydroxylation is 1. The lowest BCUT2D eigenvalue weighted by Gasteiger charge is -2.09. The quantitative estimate of drug-likeness (QED) is 0.747. The summed E-state index contributed by atoms with van der Waals surface area (Å²) in [6.07, 6.45) is 2.24. The molecule has 1 unspecified atom stereocenters. The predicted molar refractivity (Wildman–Crippen MR) is 65.9 cm³/mol. The van der Waals surface area contributed by atoms with Gasteiger partial charge >= 0.3 is 5.97 Å². The van der Waals surface area contributed by atoms with E-state index in [9.17, 15) is 4.79 Å². The number of nitrogens with one attached hydrogen (secondary N) is 1. The molecule has 0 saturated carbocycles. The SMILES string of the molecule is CC/C(=C/CNC(C)c1ccc(C)o1)C(=O)O. The van der Waals surface area contributed by atoms with Crippen LogP contribution in [0.3, 0.4) is 0 Å². The Balaban J connectivity index is 2.48. The molecule has 94 valence electrons. The molecule has 0 spiro atoms. The van der Waals surface area contributed by atoms with Crippen molar-refractivity contribution in [3.8, 4) is 0 Å². The lowest BCUT2D eigenvalue weighted by atomic mass is 10.2. The van der Waals surface area contributed by atoms with Crippen LogP contribution in [-0.2, 0) is 4.79 Å². The van der Waals surface area contributed by atoms with E-state index in [2.05, 4.69) is 5.32 Å². The molecule has 1 aromatic rings. The molecule has 4 heteroatoms. The van der Waals surface area contributed by atoms with Gasteiger partial charge in [0.1, 0.15) is 11.5 Å². The first-order valence-electron chi connectivity index (χ1n) is 5.76. The van der Waals surface area contributed by atoms with Crippen LogP contribution in [0.25, 0.3) is 0 Å². The number of rotatable bonds is 6. The first kappa shape index (κ1) is 13.5. The van der Waals surface area contributed by atoms with Crippen LogP contribution in [0.5, 0.6) is 0 Å². The number of aliphatic carboxylic acids is 1. The number of furan rings is 1. The van der Waals surface area contributed by atoms with Gasteiger partial charge in [-0.25, -0.2) is 4.79 Å². The molecule has 0 aliphatic rings. The van der Waals surface area contributed by atoms with Gasteiger partial charge in [0.2, 0.25) is 0 Å². The van der Waals surface area contributed by atoms with Gasteiger partial charge in [-0.15, -0.1) is 0 Å². The second-order valence-corrected chi connectivity index (χ2v) is 3.97. The highest BCUT2D eigenvalue weighted by Crippen LogP contribution is 2.15. The normalized spacial score (nSPS) is 13.7. The molecular formula is C13H19NO3. The zero-order chi connectivity index (χ0) is 12.8. The van der Waals surface area contributed by atoms with Crippen LogP contribution in [0.2, 0.25) is 0 Å². The Kier molecular flexibility index (Phi) is 4.97. The largest absolute Gasteiger partial charge is 0.478 e. The molecule has 0 amide bonds. The summed E-state index contributed by atoms with van der Waals surface area (Å²) in [6, 6.07) is 3.92. The third-order valence-corrected chi connectivity index (χ3v) is 2.62. The molecule has 0 aromatic carbocycles. The molecule has 0 radical (unpaired) electrons. The molecule has 0 aliphatic carbocycles. The smallest absolute Gasteiger partial charge is 0.331 e. The number of hydrogen-bond acceptors (Lipinski definition) is 3. The Bertz CT molecular complexity index is 407. The van der Waals surface area contributed by atoms with E-state index in [4.69, 9.17) is 9.52 Å². The average Bonchev–Trinajstić information content (AvgIpc) is 2.70. The molecular weight excluding hydrogens is 218 g/mol. The Labute approximate surface area is 101 Å². The first-order chi connectivity index (χ1) is 8.04. The van der Waals surface area contributed by atoms with Gasteiger partial charge in [-0.3, -0.25) is 0 Å². The maximum Gasteiger partial charge on any atom is 0.331 e. The fraction of sp³-hybridized carbons (Fsp3) is 0.462. The van der Waals surface area contributed by atoms with E-state index >= 15 is 0 Å². The van der Waals surface area contributed by atoms with Crippen LogP contribution in [0.15, 0.2) is 28.2 Å². The molecule has 17 heavy (non-hydrogen) atoms. The van der Waals surface area contributed by atoms with Crippen LogP contribution in [0, 0.1) is 6.92 Å². The van der Waals surface area contributed by atoms with Crippen LogP contribution >= 0.6 is 0 Å². The Hall–Kier alpha value is -1.55. The highest BCUT2D eigenvalue weighted by Gasteiger charge is 2.08. The minimum Gasteiger partial charge on any atom is -0.478 e. The van der Waals surface area contributed by atoms with Gasteiger partial charge in [-0.1, -0.05) is 13.0 Å². The molecule has 1 atom stereocenters. The second kappa shape index (κ2) is 6.25. The molecule has 1 aromatic heterocycles. The maximum atomic E-state index is 10.8. The third-order valence-electron chi connectivity index (χ3n) is 2.62. The van der Waals surface area contributed by atoms with Crippen molar-refractivity contribution >= 4 is 5.97 Å². The van der Waals surface area contributed by atoms with Gasteiger partial charge in [-0.05, 0) is 32.4 Å². The number of carboxylic acids is 1.